The van der Waals surface area contributed by atoms with Gasteiger partial charge in [0.1, 0.15) is 0 Å². The number of nitrogens with one attached hydrogen (secondary N) is 2. The van der Waals surface area contributed by atoms with Crippen LogP contribution < -0.4 is 10.6 Å². The fourth-order valence-electron chi connectivity index (χ4n) is 2.99. The van der Waals surface area contributed by atoms with Crippen LogP contribution in [0.3, 0.4) is 0 Å². The number of hydrogen-bond donors (Lipinski definition) is 2. The average Bonchev–Trinajstić information content (AvgIpc) is 3.27. The van der Waals surface area contributed by atoms with Gasteiger partial charge in [-0.1, -0.05) is 30.3 Å². The van der Waals surface area contributed by atoms with Gasteiger partial charge in [0, 0.05) is 25.7 Å². The number of amides is 3. The van der Waals surface area contributed by atoms with Gasteiger partial charge >= 0.3 is 0 Å². The predicted octanol–water partition coefficient (Wildman–Crippen LogP) is 4.62. The van der Waals surface area contributed by atoms with E-state index in [1.165, 1.54) is 18.3 Å². The molecule has 2 N–H and O–H groups in total. The summed E-state index contributed by atoms with van der Waals surface area (Å²) < 4.78 is 0. The molecule has 0 fully saturated rings. The molecule has 2 aromatic carbocycles. The zero-order chi connectivity index (χ0) is 21.5. The third kappa shape index (κ3) is 5.33. The Morgan fingerprint density at radius 1 is 0.933 bits per heavy atom. The number of rotatable bonds is 7. The van der Waals surface area contributed by atoms with Crippen molar-refractivity contribution in [1.82, 2.24) is 4.90 Å². The summed E-state index contributed by atoms with van der Waals surface area (Å²) in [5, 5.41) is 7.51. The van der Waals surface area contributed by atoms with E-state index in [0.717, 1.165) is 5.56 Å². The highest BCUT2D eigenvalue weighted by Gasteiger charge is 2.15. The van der Waals surface area contributed by atoms with Crippen LogP contribution in [0.15, 0.2) is 66.0 Å². The summed E-state index contributed by atoms with van der Waals surface area (Å²) in [6.45, 7) is 4.55. The molecule has 0 spiro atoms. The molecule has 1 aromatic heterocycles. The van der Waals surface area contributed by atoms with E-state index in [2.05, 4.69) is 10.6 Å². The predicted molar refractivity (Wildman–Crippen MR) is 120 cm³/mol. The van der Waals surface area contributed by atoms with E-state index in [9.17, 15) is 14.4 Å². The molecule has 3 aromatic rings. The van der Waals surface area contributed by atoms with Gasteiger partial charge in [-0.25, -0.2) is 0 Å². The standard InChI is InChI=1S/C23H23N3O3S/c1-3-26(16(2)27)15-17-8-6-9-18(14-17)24-22(28)19-10-4-5-11-20(19)25-23(29)21-12-7-13-30-21/h4-14H,3,15H2,1-2H3,(H,24,28)(H,25,29). The number of carbonyl (C=O) groups excluding carboxylic acids is 3. The van der Waals surface area contributed by atoms with Gasteiger partial charge < -0.3 is 15.5 Å². The van der Waals surface area contributed by atoms with Gasteiger partial charge in [0.25, 0.3) is 11.8 Å². The summed E-state index contributed by atoms with van der Waals surface area (Å²) >= 11 is 1.34. The van der Waals surface area contributed by atoms with E-state index in [0.29, 0.717) is 34.9 Å². The highest BCUT2D eigenvalue weighted by Crippen LogP contribution is 2.20. The maximum absolute atomic E-state index is 12.9. The maximum atomic E-state index is 12.9. The summed E-state index contributed by atoms with van der Waals surface area (Å²) in [6.07, 6.45) is 0. The maximum Gasteiger partial charge on any atom is 0.265 e. The second-order valence-electron chi connectivity index (χ2n) is 6.66. The molecule has 0 saturated heterocycles. The van der Waals surface area contributed by atoms with Gasteiger partial charge in [-0.15, -0.1) is 11.3 Å². The van der Waals surface area contributed by atoms with Crippen LogP contribution in [0.4, 0.5) is 11.4 Å². The molecule has 0 aliphatic carbocycles. The SMILES string of the molecule is CCN(Cc1cccc(NC(=O)c2ccccc2NC(=O)c2cccs2)c1)C(C)=O. The van der Waals surface area contributed by atoms with Crippen molar-refractivity contribution in [2.24, 2.45) is 0 Å². The molecule has 0 aliphatic rings. The molecule has 3 rings (SSSR count). The molecular weight excluding hydrogens is 398 g/mol. The highest BCUT2D eigenvalue weighted by atomic mass is 32.1. The fraction of sp³-hybridized carbons (Fsp3) is 0.174. The Bertz CT molecular complexity index is 1050. The van der Waals surface area contributed by atoms with Crippen molar-refractivity contribution in [2.45, 2.75) is 20.4 Å². The first-order valence-corrected chi connectivity index (χ1v) is 10.5. The van der Waals surface area contributed by atoms with Crippen molar-refractivity contribution in [3.8, 4) is 0 Å². The molecule has 30 heavy (non-hydrogen) atoms. The van der Waals surface area contributed by atoms with Crippen molar-refractivity contribution in [1.29, 1.82) is 0 Å². The van der Waals surface area contributed by atoms with E-state index >= 15 is 0 Å². The third-order valence-corrected chi connectivity index (χ3v) is 5.42. The molecule has 6 nitrogen and oxygen atoms in total. The smallest absolute Gasteiger partial charge is 0.265 e. The number of thiophene rings is 1. The van der Waals surface area contributed by atoms with Gasteiger partial charge in [0.05, 0.1) is 16.1 Å². The second kappa shape index (κ2) is 9.84. The molecule has 0 unspecified atom stereocenters. The average molecular weight is 422 g/mol. The molecule has 0 radical (unpaired) electrons. The van der Waals surface area contributed by atoms with Crippen LogP contribution >= 0.6 is 11.3 Å². The minimum absolute atomic E-state index is 0.00217. The molecule has 0 aliphatic heterocycles. The van der Waals surface area contributed by atoms with Gasteiger partial charge in [-0.2, -0.15) is 0 Å². The molecule has 1 heterocycles. The normalized spacial score (nSPS) is 10.3. The zero-order valence-corrected chi connectivity index (χ0v) is 17.7. The van der Waals surface area contributed by atoms with Crippen LogP contribution in [-0.4, -0.2) is 29.2 Å². The quantitative estimate of drug-likeness (QED) is 0.584. The summed E-state index contributed by atoms with van der Waals surface area (Å²) in [6, 6.07) is 17.8. The van der Waals surface area contributed by atoms with Crippen LogP contribution in [-0.2, 0) is 11.3 Å². The van der Waals surface area contributed by atoms with Crippen molar-refractivity contribution < 1.29 is 14.4 Å². The summed E-state index contributed by atoms with van der Waals surface area (Å²) in [5.41, 5.74) is 2.35. The lowest BCUT2D eigenvalue weighted by Crippen LogP contribution is -2.27. The van der Waals surface area contributed by atoms with Crippen molar-refractivity contribution in [2.75, 3.05) is 17.2 Å². The molecule has 0 atom stereocenters. The minimum atomic E-state index is -0.326. The first-order valence-electron chi connectivity index (χ1n) is 9.57. The Labute approximate surface area is 179 Å². The van der Waals surface area contributed by atoms with Gasteiger partial charge in [-0.05, 0) is 48.2 Å². The summed E-state index contributed by atoms with van der Waals surface area (Å²) in [5.74, 6) is -0.577. The minimum Gasteiger partial charge on any atom is -0.339 e. The Morgan fingerprint density at radius 2 is 1.73 bits per heavy atom. The number of para-hydroxylation sites is 1. The van der Waals surface area contributed by atoms with Crippen LogP contribution in [0.1, 0.15) is 39.4 Å². The monoisotopic (exact) mass is 421 g/mol. The number of carbonyl (C=O) groups is 3. The molecule has 0 saturated carbocycles. The Morgan fingerprint density at radius 3 is 2.43 bits per heavy atom. The first kappa shape index (κ1) is 21.3. The lowest BCUT2D eigenvalue weighted by atomic mass is 10.1. The Balaban J connectivity index is 1.74. The Kier molecular flexibility index (Phi) is 6.98. The second-order valence-corrected chi connectivity index (χ2v) is 7.61. The number of hydrogen-bond acceptors (Lipinski definition) is 4. The molecule has 3 amide bonds. The summed E-state index contributed by atoms with van der Waals surface area (Å²) in [4.78, 5) is 39.2. The van der Waals surface area contributed by atoms with Crippen LogP contribution in [0.5, 0.6) is 0 Å². The molecule has 7 heteroatoms. The van der Waals surface area contributed by atoms with Gasteiger partial charge in [0.2, 0.25) is 5.91 Å². The lowest BCUT2D eigenvalue weighted by Gasteiger charge is -2.19. The van der Waals surface area contributed by atoms with E-state index < -0.39 is 0 Å². The number of benzene rings is 2. The van der Waals surface area contributed by atoms with Crippen molar-refractivity contribution in [3.63, 3.8) is 0 Å². The van der Waals surface area contributed by atoms with Crippen LogP contribution in [0.2, 0.25) is 0 Å². The molecule has 0 bridgehead atoms. The van der Waals surface area contributed by atoms with E-state index in [4.69, 9.17) is 0 Å². The summed E-state index contributed by atoms with van der Waals surface area (Å²) in [7, 11) is 0. The van der Waals surface area contributed by atoms with Gasteiger partial charge in [0.15, 0.2) is 0 Å². The third-order valence-electron chi connectivity index (χ3n) is 4.55. The Hall–Kier alpha value is -3.45. The fourth-order valence-corrected chi connectivity index (χ4v) is 3.61. The van der Waals surface area contributed by atoms with Gasteiger partial charge in [-0.3, -0.25) is 14.4 Å². The van der Waals surface area contributed by atoms with E-state index in [-0.39, 0.29) is 17.7 Å². The van der Waals surface area contributed by atoms with Crippen molar-refractivity contribution >= 4 is 40.4 Å². The number of nitrogens with zero attached hydrogens (tertiary/aromatic N) is 1. The lowest BCUT2D eigenvalue weighted by molar-refractivity contribution is -0.129. The first-order chi connectivity index (χ1) is 14.5. The van der Waals surface area contributed by atoms with E-state index in [1.54, 1.807) is 47.4 Å². The topological polar surface area (TPSA) is 78.5 Å². The largest absolute Gasteiger partial charge is 0.339 e. The van der Waals surface area contributed by atoms with E-state index in [1.807, 2.05) is 30.5 Å². The highest BCUT2D eigenvalue weighted by molar-refractivity contribution is 7.12. The zero-order valence-electron chi connectivity index (χ0n) is 16.8. The molecular formula is C23H23N3O3S. The van der Waals surface area contributed by atoms with Crippen molar-refractivity contribution in [3.05, 3.63) is 82.0 Å². The van der Waals surface area contributed by atoms with Crippen LogP contribution in [0, 0.1) is 0 Å². The van der Waals surface area contributed by atoms with Crippen LogP contribution in [0.25, 0.3) is 0 Å². The number of anilines is 2. The molecule has 154 valence electrons.